The molecule has 0 saturated heterocycles. The number of para-hydroxylation sites is 1. The summed E-state index contributed by atoms with van der Waals surface area (Å²) >= 11 is 0. The third-order valence-corrected chi connectivity index (χ3v) is 1.16. The first kappa shape index (κ1) is 29.3. The van der Waals surface area contributed by atoms with E-state index < -0.39 is 0 Å². The van der Waals surface area contributed by atoms with Gasteiger partial charge >= 0.3 is 0 Å². The number of benzene rings is 1. The van der Waals surface area contributed by atoms with Crippen molar-refractivity contribution in [2.45, 2.75) is 6.61 Å². The van der Waals surface area contributed by atoms with E-state index in [2.05, 4.69) is 0 Å². The monoisotopic (exact) mass is 224 g/mol. The molecule has 0 unspecified atom stereocenters. The zero-order chi connectivity index (χ0) is 6.69. The average Bonchev–Trinajstić information content (AvgIpc) is 1.89. The van der Waals surface area contributed by atoms with E-state index in [4.69, 9.17) is 10.2 Å². The Bertz CT molecular complexity index is 209. The molecule has 0 spiro atoms. The van der Waals surface area contributed by atoms with E-state index >= 15 is 0 Å². The molecule has 2 nitrogen and oxygen atoms in total. The fourth-order valence-corrected chi connectivity index (χ4v) is 0.645. The van der Waals surface area contributed by atoms with Gasteiger partial charge in [-0.3, -0.25) is 23.5 Å². The molecule has 7 heteroatoms. The van der Waals surface area contributed by atoms with Crippen LogP contribution in [0.3, 0.4) is 0 Å². The highest BCUT2D eigenvalue weighted by Gasteiger charge is 1.93. The minimum Gasteiger partial charge on any atom is -0.508 e. The molecule has 14 heavy (non-hydrogen) atoms. The minimum absolute atomic E-state index is 0. The Balaban J connectivity index is -0.0000000540. The first-order valence-corrected chi connectivity index (χ1v) is 2.72. The smallest absolute Gasteiger partial charge is 0.121 e. The summed E-state index contributed by atoms with van der Waals surface area (Å²) in [6.07, 6.45) is 0. The summed E-state index contributed by atoms with van der Waals surface area (Å²) in [7, 11) is 0. The van der Waals surface area contributed by atoms with Crippen molar-refractivity contribution in [3.05, 3.63) is 29.8 Å². The average molecular weight is 224 g/mol. The third kappa shape index (κ3) is 7.29. The highest BCUT2D eigenvalue weighted by molar-refractivity contribution is 5.30. The molecule has 0 aliphatic carbocycles. The Kier molecular flexibility index (Phi) is 29.7. The molecule has 2 N–H and O–H groups in total. The first-order chi connectivity index (χ1) is 4.34. The van der Waals surface area contributed by atoms with E-state index in [-0.39, 0.29) is 35.9 Å². The summed E-state index contributed by atoms with van der Waals surface area (Å²) in [5.74, 6) is 0.153. The van der Waals surface area contributed by atoms with Crippen LogP contribution >= 0.6 is 0 Å². The van der Waals surface area contributed by atoms with Crippen molar-refractivity contribution in [3.63, 3.8) is 0 Å². The molecule has 0 heterocycles. The summed E-state index contributed by atoms with van der Waals surface area (Å²) < 4.78 is 0. The highest BCUT2D eigenvalue weighted by Crippen LogP contribution is 2.14. The molecule has 0 aliphatic rings. The fraction of sp³-hybridized carbons (Fsp3) is 0.143. The zero-order valence-corrected chi connectivity index (χ0v) is 6.95. The van der Waals surface area contributed by atoms with Gasteiger partial charge in [0.1, 0.15) is 5.75 Å². The molecule has 0 aromatic heterocycles. The molecular formula is C7H13F5O2. The summed E-state index contributed by atoms with van der Waals surface area (Å²) in [6, 6.07) is 6.71. The Morgan fingerprint density at radius 1 is 0.857 bits per heavy atom. The van der Waals surface area contributed by atoms with Crippen molar-refractivity contribution in [3.8, 4) is 5.75 Å². The zero-order valence-electron chi connectivity index (χ0n) is 6.95. The number of hydrogen-bond donors (Lipinski definition) is 2. The van der Waals surface area contributed by atoms with Crippen LogP contribution in [0.5, 0.6) is 5.75 Å². The summed E-state index contributed by atoms with van der Waals surface area (Å²) in [5.41, 5.74) is 0.567. The van der Waals surface area contributed by atoms with Gasteiger partial charge in [0.2, 0.25) is 0 Å². The molecule has 1 rings (SSSR count). The van der Waals surface area contributed by atoms with Crippen LogP contribution in [0.2, 0.25) is 0 Å². The minimum atomic E-state index is -0.104. The molecule has 0 aliphatic heterocycles. The fourth-order valence-electron chi connectivity index (χ4n) is 0.645. The van der Waals surface area contributed by atoms with Crippen molar-refractivity contribution >= 4 is 0 Å². The molecule has 0 radical (unpaired) electrons. The van der Waals surface area contributed by atoms with Crippen molar-refractivity contribution < 1.29 is 33.7 Å². The third-order valence-electron chi connectivity index (χ3n) is 1.16. The number of halogens is 5. The second-order valence-corrected chi connectivity index (χ2v) is 1.79. The number of phenols is 1. The van der Waals surface area contributed by atoms with Crippen LogP contribution < -0.4 is 0 Å². The predicted molar refractivity (Wildman–Crippen MR) is 46.5 cm³/mol. The largest absolute Gasteiger partial charge is 0.508 e. The van der Waals surface area contributed by atoms with Crippen LogP contribution in [0.15, 0.2) is 24.3 Å². The van der Waals surface area contributed by atoms with E-state index in [1.807, 2.05) is 0 Å². The van der Waals surface area contributed by atoms with Crippen LogP contribution in [0.1, 0.15) is 5.56 Å². The van der Waals surface area contributed by atoms with Crippen LogP contribution in [-0.2, 0) is 6.61 Å². The van der Waals surface area contributed by atoms with Gasteiger partial charge in [0.05, 0.1) is 6.61 Å². The molecule has 1 aromatic rings. The predicted octanol–water partition coefficient (Wildman–Crippen LogP) is 1.65. The van der Waals surface area contributed by atoms with E-state index in [1.54, 1.807) is 24.3 Å². The topological polar surface area (TPSA) is 40.5 Å². The molecule has 0 fully saturated rings. The molecule has 88 valence electrons. The van der Waals surface area contributed by atoms with Crippen LogP contribution in [-0.4, -0.2) is 10.2 Å². The van der Waals surface area contributed by atoms with Gasteiger partial charge in [0.25, 0.3) is 0 Å². The lowest BCUT2D eigenvalue weighted by Gasteiger charge is -1.96. The normalized spacial score (nSPS) is 6.07. The number of rotatable bonds is 1. The van der Waals surface area contributed by atoms with E-state index in [1.165, 1.54) is 0 Å². The molecule has 0 atom stereocenters. The molecule has 0 bridgehead atoms. The molecular weight excluding hydrogens is 211 g/mol. The summed E-state index contributed by atoms with van der Waals surface area (Å²) in [5, 5.41) is 17.5. The van der Waals surface area contributed by atoms with Crippen molar-refractivity contribution in [2.24, 2.45) is 0 Å². The summed E-state index contributed by atoms with van der Waals surface area (Å²) in [4.78, 5) is 0. The van der Waals surface area contributed by atoms with Crippen molar-refractivity contribution in [2.75, 3.05) is 0 Å². The number of hydrogen-bond acceptors (Lipinski definition) is 2. The van der Waals surface area contributed by atoms with Crippen molar-refractivity contribution in [1.29, 1.82) is 0 Å². The van der Waals surface area contributed by atoms with Gasteiger partial charge in [-0.15, -0.1) is 0 Å². The number of aromatic hydroxyl groups is 1. The van der Waals surface area contributed by atoms with Gasteiger partial charge in [-0.25, -0.2) is 0 Å². The van der Waals surface area contributed by atoms with Crippen LogP contribution in [0.25, 0.3) is 0 Å². The molecule has 0 amide bonds. The van der Waals surface area contributed by atoms with Gasteiger partial charge in [-0.2, -0.15) is 0 Å². The van der Waals surface area contributed by atoms with Crippen LogP contribution in [0, 0.1) is 0 Å². The van der Waals surface area contributed by atoms with E-state index in [0.717, 1.165) is 0 Å². The SMILES string of the molecule is F.F.F.F.F.OCc1ccccc1O. The van der Waals surface area contributed by atoms with Crippen LogP contribution in [0.4, 0.5) is 23.5 Å². The second kappa shape index (κ2) is 14.2. The standard InChI is InChI=1S/C7H8O2.5FH/c8-5-6-3-1-2-4-7(6)9;;;;;/h1-4,8-9H,5H2;5*1H. The maximum absolute atomic E-state index is 8.95. The number of aliphatic hydroxyl groups excluding tert-OH is 1. The summed E-state index contributed by atoms with van der Waals surface area (Å²) in [6.45, 7) is -0.104. The Labute approximate surface area is 77.0 Å². The quantitative estimate of drug-likeness (QED) is 0.712. The maximum atomic E-state index is 8.95. The Hall–Kier alpha value is -1.37. The van der Waals surface area contributed by atoms with E-state index in [0.29, 0.717) is 5.56 Å². The van der Waals surface area contributed by atoms with Gasteiger partial charge in [-0.05, 0) is 6.07 Å². The lowest BCUT2D eigenvalue weighted by Crippen LogP contribution is -1.80. The van der Waals surface area contributed by atoms with E-state index in [9.17, 15) is 0 Å². The molecule has 0 saturated carbocycles. The lowest BCUT2D eigenvalue weighted by atomic mass is 10.2. The Morgan fingerprint density at radius 3 is 1.57 bits per heavy atom. The van der Waals surface area contributed by atoms with Gasteiger partial charge in [-0.1, -0.05) is 18.2 Å². The maximum Gasteiger partial charge on any atom is 0.121 e. The van der Waals surface area contributed by atoms with Gasteiger partial charge in [0, 0.05) is 5.56 Å². The van der Waals surface area contributed by atoms with Crippen molar-refractivity contribution in [1.82, 2.24) is 0 Å². The highest BCUT2D eigenvalue weighted by atomic mass is 19.0. The molecule has 1 aromatic carbocycles. The number of aliphatic hydroxyl groups is 1. The first-order valence-electron chi connectivity index (χ1n) is 2.72. The Morgan fingerprint density at radius 2 is 1.29 bits per heavy atom. The second-order valence-electron chi connectivity index (χ2n) is 1.79. The van der Waals surface area contributed by atoms with Gasteiger partial charge < -0.3 is 10.2 Å². The van der Waals surface area contributed by atoms with Gasteiger partial charge in [0.15, 0.2) is 0 Å². The lowest BCUT2D eigenvalue weighted by molar-refractivity contribution is 0.275.